The molecule has 0 heterocycles. The van der Waals surface area contributed by atoms with Crippen LogP contribution in [-0.4, -0.2) is 25.0 Å². The third-order valence-corrected chi connectivity index (χ3v) is 4.81. The van der Waals surface area contributed by atoms with Crippen LogP contribution in [0.25, 0.3) is 0 Å². The molecule has 0 saturated heterocycles. The van der Waals surface area contributed by atoms with Gasteiger partial charge in [0.1, 0.15) is 0 Å². The Balaban J connectivity index is 0.00000420. The van der Waals surface area contributed by atoms with Crippen LogP contribution in [0.5, 0.6) is 0 Å². The number of amides is 1. The predicted molar refractivity (Wildman–Crippen MR) is 132 cm³/mol. The molecule has 158 valence electrons. The molecule has 0 saturated carbocycles. The minimum Gasteiger partial charge on any atom is -0.352 e. The highest BCUT2D eigenvalue weighted by molar-refractivity contribution is 14.0. The molecule has 2 aromatic rings. The molecular weight excluding hydrogens is 475 g/mol. The maximum atomic E-state index is 12.3. The first-order chi connectivity index (χ1) is 13.6. The van der Waals surface area contributed by atoms with E-state index in [-0.39, 0.29) is 35.9 Å². The Morgan fingerprint density at radius 3 is 2.34 bits per heavy atom. The molecule has 2 aromatic carbocycles. The normalized spacial score (nSPS) is 11.9. The van der Waals surface area contributed by atoms with Crippen molar-refractivity contribution in [3.05, 3.63) is 70.8 Å². The van der Waals surface area contributed by atoms with Crippen molar-refractivity contribution in [3.8, 4) is 0 Å². The van der Waals surface area contributed by atoms with Crippen molar-refractivity contribution < 1.29 is 4.79 Å². The van der Waals surface area contributed by atoms with Crippen molar-refractivity contribution in [2.45, 2.75) is 52.7 Å². The summed E-state index contributed by atoms with van der Waals surface area (Å²) in [4.78, 5) is 16.6. The molecule has 1 atom stereocenters. The quantitative estimate of drug-likeness (QED) is 0.284. The van der Waals surface area contributed by atoms with E-state index < -0.39 is 0 Å². The number of hydrogen-bond acceptors (Lipinski definition) is 2. The first kappa shape index (κ1) is 24.9. The Morgan fingerprint density at radius 2 is 1.69 bits per heavy atom. The number of aliphatic imine (C=N–C) groups is 1. The van der Waals surface area contributed by atoms with E-state index in [1.165, 1.54) is 11.1 Å². The number of halogens is 1. The maximum Gasteiger partial charge on any atom is 0.251 e. The average Bonchev–Trinajstić information content (AvgIpc) is 2.74. The number of carbonyl (C=O) groups is 1. The second-order valence-corrected chi connectivity index (χ2v) is 6.88. The van der Waals surface area contributed by atoms with Gasteiger partial charge in [0.25, 0.3) is 5.91 Å². The van der Waals surface area contributed by atoms with Gasteiger partial charge in [-0.05, 0) is 48.6 Å². The fourth-order valence-corrected chi connectivity index (χ4v) is 2.89. The number of nitrogens with zero attached hydrogens (tertiary/aromatic N) is 1. The molecule has 0 bridgehead atoms. The highest BCUT2D eigenvalue weighted by Crippen LogP contribution is 2.09. The van der Waals surface area contributed by atoms with Gasteiger partial charge in [0, 0.05) is 31.7 Å². The minimum absolute atomic E-state index is 0. The van der Waals surface area contributed by atoms with E-state index in [0.29, 0.717) is 12.1 Å². The summed E-state index contributed by atoms with van der Waals surface area (Å²) in [6.45, 7) is 7.55. The number of benzene rings is 2. The number of rotatable bonds is 8. The first-order valence-electron chi connectivity index (χ1n) is 9.98. The van der Waals surface area contributed by atoms with Gasteiger partial charge in [-0.15, -0.1) is 24.0 Å². The third kappa shape index (κ3) is 8.04. The first-order valence-corrected chi connectivity index (χ1v) is 9.98. The van der Waals surface area contributed by atoms with Gasteiger partial charge in [-0.1, -0.05) is 50.2 Å². The van der Waals surface area contributed by atoms with Crippen molar-refractivity contribution in [1.82, 2.24) is 16.0 Å². The fourth-order valence-electron chi connectivity index (χ4n) is 2.89. The molecule has 0 radical (unpaired) electrons. The molecule has 1 amide bonds. The maximum absolute atomic E-state index is 12.3. The Bertz CT molecular complexity index is 807. The van der Waals surface area contributed by atoms with Crippen molar-refractivity contribution in [2.24, 2.45) is 4.99 Å². The fraction of sp³-hybridized carbons (Fsp3) is 0.391. The number of nitrogens with one attached hydrogen (secondary N) is 3. The number of guanidine groups is 1. The van der Waals surface area contributed by atoms with Crippen LogP contribution >= 0.6 is 24.0 Å². The number of hydrogen-bond donors (Lipinski definition) is 3. The molecule has 0 aliphatic heterocycles. The molecule has 6 heteroatoms. The molecule has 2 rings (SSSR count). The van der Waals surface area contributed by atoms with E-state index in [9.17, 15) is 4.79 Å². The van der Waals surface area contributed by atoms with Gasteiger partial charge in [0.2, 0.25) is 0 Å². The van der Waals surface area contributed by atoms with Crippen LogP contribution in [-0.2, 0) is 19.5 Å². The molecule has 1 unspecified atom stereocenters. The summed E-state index contributed by atoms with van der Waals surface area (Å²) < 4.78 is 0. The van der Waals surface area contributed by atoms with Gasteiger partial charge in [0.05, 0.1) is 0 Å². The van der Waals surface area contributed by atoms with Crippen molar-refractivity contribution in [2.75, 3.05) is 7.05 Å². The zero-order valence-electron chi connectivity index (χ0n) is 17.8. The van der Waals surface area contributed by atoms with Crippen LogP contribution in [0.2, 0.25) is 0 Å². The summed E-state index contributed by atoms with van der Waals surface area (Å²) in [6, 6.07) is 16.3. The number of aryl methyl sites for hydroxylation is 1. The Morgan fingerprint density at radius 1 is 1.00 bits per heavy atom. The summed E-state index contributed by atoms with van der Waals surface area (Å²) in [5.41, 5.74) is 4.33. The van der Waals surface area contributed by atoms with Crippen LogP contribution in [0.1, 0.15) is 54.2 Å². The monoisotopic (exact) mass is 508 g/mol. The van der Waals surface area contributed by atoms with Crippen LogP contribution in [0.15, 0.2) is 53.5 Å². The zero-order valence-corrected chi connectivity index (χ0v) is 20.1. The second kappa shape index (κ2) is 13.2. The van der Waals surface area contributed by atoms with Crippen molar-refractivity contribution >= 4 is 35.8 Å². The molecule has 0 aromatic heterocycles. The summed E-state index contributed by atoms with van der Waals surface area (Å²) in [5.74, 6) is 0.704. The van der Waals surface area contributed by atoms with Crippen LogP contribution < -0.4 is 16.0 Å². The standard InChI is InChI=1S/C23H32N4O.HI/c1-5-17(3)27-22(28)20-13-9-10-18(14-20)15-25-23(24-4)26-16-21-12-8-7-11-19(21)6-2;/h7-14,17H,5-6,15-16H2,1-4H3,(H,27,28)(H2,24,25,26);1H. The lowest BCUT2D eigenvalue weighted by atomic mass is 10.1. The molecule has 0 aliphatic rings. The Hall–Kier alpha value is -2.09. The van der Waals surface area contributed by atoms with E-state index in [4.69, 9.17) is 0 Å². The Kier molecular flexibility index (Phi) is 11.3. The largest absolute Gasteiger partial charge is 0.352 e. The van der Waals surface area contributed by atoms with Gasteiger partial charge < -0.3 is 16.0 Å². The molecule has 5 nitrogen and oxygen atoms in total. The molecule has 0 fully saturated rings. The third-order valence-electron chi connectivity index (χ3n) is 4.81. The lowest BCUT2D eigenvalue weighted by Gasteiger charge is -2.15. The summed E-state index contributed by atoms with van der Waals surface area (Å²) >= 11 is 0. The van der Waals surface area contributed by atoms with Crippen molar-refractivity contribution in [3.63, 3.8) is 0 Å². The van der Waals surface area contributed by atoms with Gasteiger partial charge in [-0.2, -0.15) is 0 Å². The average molecular weight is 508 g/mol. The zero-order chi connectivity index (χ0) is 20.4. The lowest BCUT2D eigenvalue weighted by molar-refractivity contribution is 0.0939. The summed E-state index contributed by atoms with van der Waals surface area (Å²) in [5, 5.41) is 9.68. The van der Waals surface area contributed by atoms with E-state index in [1.807, 2.05) is 31.2 Å². The summed E-state index contributed by atoms with van der Waals surface area (Å²) in [7, 11) is 1.76. The van der Waals surface area contributed by atoms with E-state index in [2.05, 4.69) is 59.1 Å². The smallest absolute Gasteiger partial charge is 0.251 e. The van der Waals surface area contributed by atoms with E-state index >= 15 is 0 Å². The minimum atomic E-state index is -0.0325. The van der Waals surface area contributed by atoms with Gasteiger partial charge in [0.15, 0.2) is 5.96 Å². The highest BCUT2D eigenvalue weighted by atomic mass is 127. The molecular formula is C23H33IN4O. The molecule has 0 spiro atoms. The Labute approximate surface area is 191 Å². The SMILES string of the molecule is CCc1ccccc1CNC(=NC)NCc1cccc(C(=O)NC(C)CC)c1.I. The predicted octanol–water partition coefficient (Wildman–Crippen LogP) is 4.26. The number of carbonyl (C=O) groups excluding carboxylic acids is 1. The van der Waals surface area contributed by atoms with Gasteiger partial charge >= 0.3 is 0 Å². The topological polar surface area (TPSA) is 65.5 Å². The van der Waals surface area contributed by atoms with Crippen LogP contribution in [0, 0.1) is 0 Å². The van der Waals surface area contributed by atoms with Crippen LogP contribution in [0.4, 0.5) is 0 Å². The van der Waals surface area contributed by atoms with Gasteiger partial charge in [-0.25, -0.2) is 0 Å². The molecule has 3 N–H and O–H groups in total. The summed E-state index contributed by atoms with van der Waals surface area (Å²) in [6.07, 6.45) is 1.92. The molecule has 29 heavy (non-hydrogen) atoms. The van der Waals surface area contributed by atoms with Gasteiger partial charge in [-0.3, -0.25) is 9.79 Å². The van der Waals surface area contributed by atoms with Crippen molar-refractivity contribution in [1.29, 1.82) is 0 Å². The van der Waals surface area contributed by atoms with E-state index in [0.717, 1.165) is 30.9 Å². The lowest BCUT2D eigenvalue weighted by Crippen LogP contribution is -2.36. The van der Waals surface area contributed by atoms with Crippen LogP contribution in [0.3, 0.4) is 0 Å². The second-order valence-electron chi connectivity index (χ2n) is 6.88. The molecule has 0 aliphatic carbocycles. The van der Waals surface area contributed by atoms with E-state index in [1.54, 1.807) is 7.05 Å². The highest BCUT2D eigenvalue weighted by Gasteiger charge is 2.09.